The minimum absolute atomic E-state index is 0.624. The fraction of sp³-hybridized carbons (Fsp3) is 0.667. The lowest BCUT2D eigenvalue weighted by atomic mass is 9.89. The van der Waals surface area contributed by atoms with Crippen LogP contribution in [0.25, 0.3) is 0 Å². The molecule has 1 aliphatic carbocycles. The van der Waals surface area contributed by atoms with Crippen LogP contribution < -0.4 is 4.90 Å². The molecular weight excluding hydrogens is 244 g/mol. The summed E-state index contributed by atoms with van der Waals surface area (Å²) in [7, 11) is 0. The molecule has 20 heavy (non-hydrogen) atoms. The summed E-state index contributed by atoms with van der Waals surface area (Å²) in [5, 5.41) is 0. The van der Waals surface area contributed by atoms with Gasteiger partial charge in [0.2, 0.25) is 0 Å². The van der Waals surface area contributed by atoms with Crippen molar-refractivity contribution in [2.45, 2.75) is 58.0 Å². The van der Waals surface area contributed by atoms with Crippen molar-refractivity contribution in [3.8, 4) is 0 Å². The summed E-state index contributed by atoms with van der Waals surface area (Å²) in [6.45, 7) is 10.5. The first-order valence-electron chi connectivity index (χ1n) is 8.26. The van der Waals surface area contributed by atoms with Crippen molar-refractivity contribution in [3.05, 3.63) is 29.8 Å². The largest absolute Gasteiger partial charge is 0.369 e. The average molecular weight is 272 g/mol. The molecule has 0 aromatic heterocycles. The first kappa shape index (κ1) is 13.9. The molecule has 0 N–H and O–H groups in total. The molecule has 1 atom stereocenters. The predicted molar refractivity (Wildman–Crippen MR) is 86.6 cm³/mol. The second-order valence-corrected chi connectivity index (χ2v) is 6.86. The molecule has 110 valence electrons. The van der Waals surface area contributed by atoms with Crippen LogP contribution in [0.5, 0.6) is 0 Å². The highest BCUT2D eigenvalue weighted by molar-refractivity contribution is 5.48. The number of anilines is 1. The Balaban J connectivity index is 1.64. The first-order chi connectivity index (χ1) is 9.65. The van der Waals surface area contributed by atoms with E-state index in [4.69, 9.17) is 0 Å². The highest BCUT2D eigenvalue weighted by Crippen LogP contribution is 2.29. The van der Waals surface area contributed by atoms with Gasteiger partial charge >= 0.3 is 0 Å². The van der Waals surface area contributed by atoms with Crippen LogP contribution in [0, 0.1) is 0 Å². The molecule has 1 aliphatic heterocycles. The maximum Gasteiger partial charge on any atom is 0.0367 e. The zero-order valence-electron chi connectivity index (χ0n) is 13.2. The van der Waals surface area contributed by atoms with Gasteiger partial charge in [-0.25, -0.2) is 0 Å². The minimum Gasteiger partial charge on any atom is -0.369 e. The molecule has 1 heterocycles. The summed E-state index contributed by atoms with van der Waals surface area (Å²) in [6, 6.07) is 10.8. The predicted octanol–water partition coefficient (Wildman–Crippen LogP) is 3.87. The van der Waals surface area contributed by atoms with Gasteiger partial charge in [0.25, 0.3) is 0 Å². The van der Waals surface area contributed by atoms with Crippen LogP contribution in [-0.2, 0) is 0 Å². The second-order valence-electron chi connectivity index (χ2n) is 6.86. The second kappa shape index (κ2) is 5.77. The third-order valence-corrected chi connectivity index (χ3v) is 5.15. The lowest BCUT2D eigenvalue weighted by Crippen LogP contribution is -2.57. The van der Waals surface area contributed by atoms with E-state index >= 15 is 0 Å². The Hall–Kier alpha value is -1.02. The highest BCUT2D eigenvalue weighted by Gasteiger charge is 2.32. The normalized spacial score (nSPS) is 25.0. The maximum absolute atomic E-state index is 2.74. The Morgan fingerprint density at radius 3 is 2.25 bits per heavy atom. The van der Waals surface area contributed by atoms with Gasteiger partial charge in [0, 0.05) is 37.4 Å². The van der Waals surface area contributed by atoms with Crippen LogP contribution in [0.1, 0.15) is 51.5 Å². The Morgan fingerprint density at radius 2 is 1.75 bits per heavy atom. The van der Waals surface area contributed by atoms with Crippen molar-refractivity contribution >= 4 is 5.69 Å². The summed E-state index contributed by atoms with van der Waals surface area (Å²) in [5.41, 5.74) is 2.84. The lowest BCUT2D eigenvalue weighted by molar-refractivity contribution is 0.0775. The number of piperazine rings is 1. The molecule has 0 spiro atoms. The van der Waals surface area contributed by atoms with E-state index in [1.165, 1.54) is 50.1 Å². The summed E-state index contributed by atoms with van der Waals surface area (Å²) in [6.07, 6.45) is 4.29. The quantitative estimate of drug-likeness (QED) is 0.824. The fourth-order valence-corrected chi connectivity index (χ4v) is 3.54. The molecule has 3 rings (SSSR count). The summed E-state index contributed by atoms with van der Waals surface area (Å²) < 4.78 is 0. The van der Waals surface area contributed by atoms with Crippen LogP contribution in [0.2, 0.25) is 0 Å². The Kier molecular flexibility index (Phi) is 4.02. The Morgan fingerprint density at radius 1 is 1.05 bits per heavy atom. The van der Waals surface area contributed by atoms with Crippen LogP contribution in [-0.4, -0.2) is 36.6 Å². The molecule has 2 fully saturated rings. The van der Waals surface area contributed by atoms with Gasteiger partial charge in [0.05, 0.1) is 0 Å². The van der Waals surface area contributed by atoms with Crippen molar-refractivity contribution in [1.82, 2.24) is 4.90 Å². The fourth-order valence-electron chi connectivity index (χ4n) is 3.54. The molecule has 1 aromatic carbocycles. The molecule has 0 unspecified atom stereocenters. The van der Waals surface area contributed by atoms with Crippen molar-refractivity contribution in [3.63, 3.8) is 0 Å². The molecule has 2 heteroatoms. The molecule has 2 aliphatic rings. The molecular formula is C18H28N2. The van der Waals surface area contributed by atoms with Crippen LogP contribution in [0.3, 0.4) is 0 Å². The van der Waals surface area contributed by atoms with E-state index in [9.17, 15) is 0 Å². The van der Waals surface area contributed by atoms with E-state index in [0.29, 0.717) is 12.0 Å². The standard InChI is InChI=1S/C18H28N2/c1-14(2)16-7-9-17(10-8-16)19-11-12-20(15(3)13-19)18-5-4-6-18/h7-10,14-15,18H,4-6,11-13H2,1-3H3/t15-/m1/s1. The van der Waals surface area contributed by atoms with Gasteiger partial charge in [-0.1, -0.05) is 32.4 Å². The molecule has 0 bridgehead atoms. The topological polar surface area (TPSA) is 6.48 Å². The number of benzene rings is 1. The zero-order chi connectivity index (χ0) is 14.1. The maximum atomic E-state index is 2.74. The number of hydrogen-bond acceptors (Lipinski definition) is 2. The first-order valence-corrected chi connectivity index (χ1v) is 8.26. The van der Waals surface area contributed by atoms with E-state index in [-0.39, 0.29) is 0 Å². The smallest absolute Gasteiger partial charge is 0.0367 e. The number of nitrogens with zero attached hydrogens (tertiary/aromatic N) is 2. The zero-order valence-corrected chi connectivity index (χ0v) is 13.2. The van der Waals surface area contributed by atoms with E-state index in [1.807, 2.05) is 0 Å². The molecule has 0 amide bonds. The van der Waals surface area contributed by atoms with Crippen molar-refractivity contribution in [2.75, 3.05) is 24.5 Å². The molecule has 1 saturated heterocycles. The van der Waals surface area contributed by atoms with E-state index in [1.54, 1.807) is 0 Å². The lowest BCUT2D eigenvalue weighted by Gasteiger charge is -2.47. The van der Waals surface area contributed by atoms with Gasteiger partial charge in [-0.05, 0) is 43.4 Å². The van der Waals surface area contributed by atoms with Crippen molar-refractivity contribution in [1.29, 1.82) is 0 Å². The monoisotopic (exact) mass is 272 g/mol. The van der Waals surface area contributed by atoms with Gasteiger partial charge < -0.3 is 4.90 Å². The summed E-state index contributed by atoms with van der Waals surface area (Å²) in [4.78, 5) is 5.30. The molecule has 0 radical (unpaired) electrons. The SMILES string of the molecule is CC(C)c1ccc(N2CCN(C3CCC3)[C@H](C)C2)cc1. The van der Waals surface area contributed by atoms with E-state index in [0.717, 1.165) is 6.04 Å². The van der Waals surface area contributed by atoms with E-state index in [2.05, 4.69) is 54.8 Å². The van der Waals surface area contributed by atoms with Gasteiger partial charge in [-0.3, -0.25) is 4.90 Å². The molecule has 1 aromatic rings. The van der Waals surface area contributed by atoms with Crippen molar-refractivity contribution < 1.29 is 0 Å². The number of rotatable bonds is 3. The van der Waals surface area contributed by atoms with Gasteiger partial charge in [-0.15, -0.1) is 0 Å². The summed E-state index contributed by atoms with van der Waals surface area (Å²) >= 11 is 0. The van der Waals surface area contributed by atoms with Gasteiger partial charge in [0.1, 0.15) is 0 Å². The Labute approximate surface area is 123 Å². The summed E-state index contributed by atoms with van der Waals surface area (Å²) in [5.74, 6) is 0.624. The van der Waals surface area contributed by atoms with Gasteiger partial charge in [0.15, 0.2) is 0 Å². The van der Waals surface area contributed by atoms with Crippen LogP contribution >= 0.6 is 0 Å². The Bertz CT molecular complexity index is 433. The molecule has 1 saturated carbocycles. The van der Waals surface area contributed by atoms with Crippen LogP contribution in [0.15, 0.2) is 24.3 Å². The third-order valence-electron chi connectivity index (χ3n) is 5.15. The van der Waals surface area contributed by atoms with Crippen LogP contribution in [0.4, 0.5) is 5.69 Å². The van der Waals surface area contributed by atoms with Gasteiger partial charge in [-0.2, -0.15) is 0 Å². The average Bonchev–Trinajstić information content (AvgIpc) is 2.39. The molecule has 2 nitrogen and oxygen atoms in total. The van der Waals surface area contributed by atoms with E-state index < -0.39 is 0 Å². The number of hydrogen-bond donors (Lipinski definition) is 0. The minimum atomic E-state index is 0.624. The highest BCUT2D eigenvalue weighted by atomic mass is 15.3. The van der Waals surface area contributed by atoms with Crippen molar-refractivity contribution in [2.24, 2.45) is 0 Å². The third kappa shape index (κ3) is 2.71.